The average molecular weight is 713 g/mol. The number of rotatable bonds is 15. The number of amides is 3. The molecule has 3 aromatic rings. The van der Waals surface area contributed by atoms with Gasteiger partial charge in [-0.15, -0.1) is 11.3 Å². The third-order valence-electron chi connectivity index (χ3n) is 8.24. The number of aliphatic hydroxyl groups is 1. The summed E-state index contributed by atoms with van der Waals surface area (Å²) in [4.78, 5) is 35.4. The Kier molecular flexibility index (Phi) is 12.6. The number of benzene rings is 2. The second-order valence-corrected chi connectivity index (χ2v) is 17.0. The number of nitrogens with one attached hydrogen (secondary N) is 1. The molecule has 3 atom stereocenters. The number of urea groups is 1. The Balaban J connectivity index is 1.59. The topological polar surface area (TPSA) is 156 Å². The van der Waals surface area contributed by atoms with Gasteiger partial charge in [-0.2, -0.15) is 4.31 Å². The summed E-state index contributed by atoms with van der Waals surface area (Å²) in [6, 6.07) is 13.3. The number of sulfonamides is 1. The molecule has 0 radical (unpaired) electrons. The lowest BCUT2D eigenvalue weighted by Gasteiger charge is -2.35. The molecule has 49 heavy (non-hydrogen) atoms. The molecule has 0 bridgehead atoms. The molecule has 0 unspecified atom stereocenters. The van der Waals surface area contributed by atoms with Crippen molar-refractivity contribution in [3.05, 3.63) is 81.8 Å². The first-order valence-corrected chi connectivity index (χ1v) is 18.7. The second-order valence-electron chi connectivity index (χ2n) is 14.0. The van der Waals surface area contributed by atoms with Gasteiger partial charge in [0.1, 0.15) is 6.04 Å². The molecule has 0 spiro atoms. The Bertz CT molecular complexity index is 1690. The summed E-state index contributed by atoms with van der Waals surface area (Å²) < 4.78 is 29.2. The number of aryl methyl sites for hydroxylation is 1. The quantitative estimate of drug-likeness (QED) is 0.120. The van der Waals surface area contributed by atoms with Gasteiger partial charge in [-0.1, -0.05) is 82.2 Å². The van der Waals surface area contributed by atoms with Crippen LogP contribution in [0.3, 0.4) is 0 Å². The van der Waals surface area contributed by atoms with Gasteiger partial charge in [0.25, 0.3) is 0 Å². The maximum absolute atomic E-state index is 14.1. The summed E-state index contributed by atoms with van der Waals surface area (Å²) >= 11 is 1.52. The fraction of sp³-hybridized carbons (Fsp3) is 0.486. The first-order valence-electron chi connectivity index (χ1n) is 16.4. The zero-order valence-corrected chi connectivity index (χ0v) is 30.6. The molecule has 0 saturated carbocycles. The predicted octanol–water partition coefficient (Wildman–Crippen LogP) is 4.35. The van der Waals surface area contributed by atoms with E-state index in [0.29, 0.717) is 25.2 Å². The molecule has 1 saturated heterocycles. The molecule has 12 nitrogen and oxygen atoms in total. The average Bonchev–Trinajstić information content (AvgIpc) is 3.61. The molecule has 4 rings (SSSR count). The molecule has 1 aliphatic heterocycles. The molecule has 14 heteroatoms. The van der Waals surface area contributed by atoms with E-state index < -0.39 is 39.5 Å². The normalized spacial score (nSPS) is 16.1. The van der Waals surface area contributed by atoms with Crippen LogP contribution < -0.4 is 5.32 Å². The van der Waals surface area contributed by atoms with E-state index in [-0.39, 0.29) is 36.4 Å². The minimum absolute atomic E-state index is 0.0208. The van der Waals surface area contributed by atoms with Crippen LogP contribution in [0.1, 0.15) is 56.4 Å². The lowest BCUT2D eigenvalue weighted by molar-refractivity contribution is -0.128. The van der Waals surface area contributed by atoms with E-state index in [0.717, 1.165) is 16.3 Å². The van der Waals surface area contributed by atoms with E-state index >= 15 is 0 Å². The Hall–Kier alpha value is -3.85. The number of carbonyl (C=O) groups is 2. The van der Waals surface area contributed by atoms with Crippen LogP contribution in [0, 0.1) is 18.3 Å². The Labute approximate surface area is 293 Å². The second kappa shape index (κ2) is 16.2. The first kappa shape index (κ1) is 38.0. The van der Waals surface area contributed by atoms with E-state index in [1.807, 2.05) is 77.3 Å². The number of oxime groups is 1. The molecule has 1 aromatic heterocycles. The minimum Gasteiger partial charge on any atom is -0.411 e. The van der Waals surface area contributed by atoms with Gasteiger partial charge >= 0.3 is 6.03 Å². The van der Waals surface area contributed by atoms with Gasteiger partial charge < -0.3 is 25.4 Å². The summed E-state index contributed by atoms with van der Waals surface area (Å²) in [5.74, 6) is -0.655. The number of carbonyl (C=O) groups excluding carboxylic acids is 2. The van der Waals surface area contributed by atoms with Gasteiger partial charge in [-0.3, -0.25) is 4.79 Å². The SMILES string of the molecule is Cc1nc(CN2CCN([C@H](C(=O)N[C@@H](Cc3ccccc3)[C@@H](O)CN(CC(C)(C)C)S(=O)(=O)c3ccc(C=NO)cc3)C(C)C)C2=O)cs1. The number of nitrogens with zero attached hydrogens (tertiary/aromatic N) is 5. The molecular formula is C35H48N6O6S2. The van der Waals surface area contributed by atoms with Crippen molar-refractivity contribution in [3.63, 3.8) is 0 Å². The highest BCUT2D eigenvalue weighted by molar-refractivity contribution is 7.89. The molecule has 0 aliphatic carbocycles. The third kappa shape index (κ3) is 10.1. The number of thiazole rings is 1. The van der Waals surface area contributed by atoms with Crippen molar-refractivity contribution in [2.45, 2.75) is 77.6 Å². The van der Waals surface area contributed by atoms with E-state index in [9.17, 15) is 23.1 Å². The molecule has 1 fully saturated rings. The predicted molar refractivity (Wildman–Crippen MR) is 190 cm³/mol. The van der Waals surface area contributed by atoms with Crippen molar-refractivity contribution in [3.8, 4) is 0 Å². The van der Waals surface area contributed by atoms with Crippen LogP contribution >= 0.6 is 11.3 Å². The van der Waals surface area contributed by atoms with Crippen LogP contribution in [0.25, 0.3) is 0 Å². The summed E-state index contributed by atoms with van der Waals surface area (Å²) in [5.41, 5.74) is 1.71. The summed E-state index contributed by atoms with van der Waals surface area (Å²) in [6.07, 6.45) is 0.137. The number of hydrogen-bond acceptors (Lipinski definition) is 9. The fourth-order valence-electron chi connectivity index (χ4n) is 5.96. The lowest BCUT2D eigenvalue weighted by Crippen LogP contribution is -2.57. The number of aromatic nitrogens is 1. The molecule has 2 aromatic carbocycles. The van der Waals surface area contributed by atoms with E-state index in [4.69, 9.17) is 5.21 Å². The van der Waals surface area contributed by atoms with E-state index in [1.165, 1.54) is 46.1 Å². The summed E-state index contributed by atoms with van der Waals surface area (Å²) in [5, 5.41) is 29.5. The largest absolute Gasteiger partial charge is 0.411 e. The lowest BCUT2D eigenvalue weighted by atomic mass is 9.96. The minimum atomic E-state index is -4.09. The fourth-order valence-corrected chi connectivity index (χ4v) is 8.25. The van der Waals surface area contributed by atoms with Gasteiger partial charge in [0.15, 0.2) is 0 Å². The number of aliphatic hydroxyl groups excluding tert-OH is 1. The highest BCUT2D eigenvalue weighted by Crippen LogP contribution is 2.25. The summed E-state index contributed by atoms with van der Waals surface area (Å²) in [6.45, 7) is 12.4. The van der Waals surface area contributed by atoms with Crippen molar-refractivity contribution in [2.75, 3.05) is 26.2 Å². The van der Waals surface area contributed by atoms with Crippen LogP contribution in [-0.4, -0.2) is 100 Å². The van der Waals surface area contributed by atoms with Crippen molar-refractivity contribution < 1.29 is 28.3 Å². The van der Waals surface area contributed by atoms with Gasteiger partial charge in [-0.25, -0.2) is 18.2 Å². The van der Waals surface area contributed by atoms with Crippen molar-refractivity contribution in [2.24, 2.45) is 16.5 Å². The molecular weight excluding hydrogens is 665 g/mol. The van der Waals surface area contributed by atoms with Gasteiger partial charge in [0, 0.05) is 31.6 Å². The molecule has 266 valence electrons. The molecule has 2 heterocycles. The van der Waals surface area contributed by atoms with Gasteiger partial charge in [0.05, 0.1) is 40.5 Å². The Morgan fingerprint density at radius 1 is 1.12 bits per heavy atom. The van der Waals surface area contributed by atoms with Crippen LogP contribution in [0.4, 0.5) is 4.79 Å². The standard InChI is InChI=1S/C35H48N6O6S2/c1-24(2)32(41-17-16-39(34(41)44)20-28-22-48-25(3)37-28)33(43)38-30(18-26-10-8-7-9-11-26)31(42)21-40(23-35(4,5)6)49(46,47)29-14-12-27(13-15-29)19-36-45/h7-15,19,22,24,30-32,42,45H,16-18,20-21,23H2,1-6H3,(H,38,43)/t30-,31-,32-/m0/s1. The van der Waals surface area contributed by atoms with Crippen molar-refractivity contribution in [1.29, 1.82) is 0 Å². The maximum Gasteiger partial charge on any atom is 0.321 e. The highest BCUT2D eigenvalue weighted by atomic mass is 32.2. The van der Waals surface area contributed by atoms with Crippen LogP contribution in [0.15, 0.2) is 70.0 Å². The molecule has 3 N–H and O–H groups in total. The molecule has 3 amide bonds. The van der Waals surface area contributed by atoms with Crippen molar-refractivity contribution in [1.82, 2.24) is 24.4 Å². The first-order chi connectivity index (χ1) is 23.1. The Morgan fingerprint density at radius 3 is 2.37 bits per heavy atom. The zero-order chi connectivity index (χ0) is 35.9. The number of hydrogen-bond donors (Lipinski definition) is 3. The van der Waals surface area contributed by atoms with E-state index in [2.05, 4.69) is 15.5 Å². The van der Waals surface area contributed by atoms with Gasteiger partial charge in [0.2, 0.25) is 15.9 Å². The Morgan fingerprint density at radius 2 is 1.80 bits per heavy atom. The van der Waals surface area contributed by atoms with Crippen LogP contribution in [0.5, 0.6) is 0 Å². The monoisotopic (exact) mass is 712 g/mol. The smallest absolute Gasteiger partial charge is 0.321 e. The van der Waals surface area contributed by atoms with E-state index in [1.54, 1.807) is 9.80 Å². The van der Waals surface area contributed by atoms with Crippen LogP contribution in [0.2, 0.25) is 0 Å². The maximum atomic E-state index is 14.1. The zero-order valence-electron chi connectivity index (χ0n) is 29.0. The highest BCUT2D eigenvalue weighted by Gasteiger charge is 2.41. The van der Waals surface area contributed by atoms with Gasteiger partial charge in [-0.05, 0) is 47.9 Å². The van der Waals surface area contributed by atoms with Crippen molar-refractivity contribution >= 4 is 39.5 Å². The molecule has 1 aliphatic rings. The summed E-state index contributed by atoms with van der Waals surface area (Å²) in [7, 11) is -4.09. The third-order valence-corrected chi connectivity index (χ3v) is 10.9. The van der Waals surface area contributed by atoms with Crippen LogP contribution in [-0.2, 0) is 27.8 Å².